The van der Waals surface area contributed by atoms with Gasteiger partial charge in [0, 0.05) is 33.6 Å². The molecule has 1 aromatic carbocycles. The summed E-state index contributed by atoms with van der Waals surface area (Å²) in [6.07, 6.45) is 5.84. The predicted octanol–water partition coefficient (Wildman–Crippen LogP) is 2.31. The normalized spacial score (nSPS) is 16.8. The van der Waals surface area contributed by atoms with Crippen LogP contribution in [0.1, 0.15) is 73.1 Å². The molecule has 1 atom stereocenters. The highest BCUT2D eigenvalue weighted by molar-refractivity contribution is 6.04. The van der Waals surface area contributed by atoms with Gasteiger partial charge in [0.2, 0.25) is 5.91 Å². The van der Waals surface area contributed by atoms with Gasteiger partial charge in [-0.3, -0.25) is 19.2 Å². The lowest BCUT2D eigenvalue weighted by molar-refractivity contribution is -0.135. The van der Waals surface area contributed by atoms with Crippen molar-refractivity contribution in [3.8, 4) is 5.75 Å². The first-order chi connectivity index (χ1) is 18.9. The Bertz CT molecular complexity index is 971. The van der Waals surface area contributed by atoms with Crippen molar-refractivity contribution in [2.45, 2.75) is 58.4 Å². The monoisotopic (exact) mass is 544 g/mol. The van der Waals surface area contributed by atoms with E-state index >= 15 is 0 Å². The zero-order valence-corrected chi connectivity index (χ0v) is 23.7. The summed E-state index contributed by atoms with van der Waals surface area (Å²) in [7, 11) is 2.90. The molecule has 2 aliphatic rings. The van der Waals surface area contributed by atoms with Crippen molar-refractivity contribution in [3.05, 3.63) is 29.3 Å². The van der Waals surface area contributed by atoms with Gasteiger partial charge in [-0.2, -0.15) is 0 Å². The first-order valence-electron chi connectivity index (χ1n) is 14.0. The van der Waals surface area contributed by atoms with Gasteiger partial charge in [-0.05, 0) is 69.2 Å². The Morgan fingerprint density at radius 2 is 1.74 bits per heavy atom. The lowest BCUT2D eigenvalue weighted by Gasteiger charge is -2.37. The summed E-state index contributed by atoms with van der Waals surface area (Å²) in [5, 5.41) is 5.90. The van der Waals surface area contributed by atoms with E-state index in [9.17, 15) is 24.0 Å². The van der Waals surface area contributed by atoms with E-state index < -0.39 is 17.9 Å². The number of ether oxygens (including phenoxy) is 1. The minimum atomic E-state index is -0.874. The van der Waals surface area contributed by atoms with Crippen LogP contribution in [0.4, 0.5) is 0 Å². The lowest BCUT2D eigenvalue weighted by atomic mass is 9.79. The minimum Gasteiger partial charge on any atom is -0.483 e. The van der Waals surface area contributed by atoms with Crippen LogP contribution < -0.4 is 15.4 Å². The Kier molecular flexibility index (Phi) is 13.6. The van der Waals surface area contributed by atoms with Crippen molar-refractivity contribution in [2.75, 3.05) is 46.9 Å². The fourth-order valence-corrected chi connectivity index (χ4v) is 5.37. The summed E-state index contributed by atoms with van der Waals surface area (Å²) >= 11 is 0. The van der Waals surface area contributed by atoms with Crippen LogP contribution in [0.5, 0.6) is 5.75 Å². The fourth-order valence-electron chi connectivity index (χ4n) is 5.37. The van der Waals surface area contributed by atoms with Gasteiger partial charge < -0.3 is 30.0 Å². The third kappa shape index (κ3) is 8.61. The number of amides is 3. The quantitative estimate of drug-likeness (QED) is 0.410. The van der Waals surface area contributed by atoms with Crippen LogP contribution >= 0.6 is 0 Å². The topological polar surface area (TPSA) is 125 Å². The van der Waals surface area contributed by atoms with Gasteiger partial charge in [0.15, 0.2) is 12.9 Å². The van der Waals surface area contributed by atoms with Crippen LogP contribution in [0.15, 0.2) is 18.2 Å². The van der Waals surface area contributed by atoms with Crippen molar-refractivity contribution in [2.24, 2.45) is 11.8 Å². The number of hydrogen-bond donors (Lipinski definition) is 2. The van der Waals surface area contributed by atoms with E-state index in [1.165, 1.54) is 37.9 Å². The van der Waals surface area contributed by atoms with E-state index in [1.807, 2.05) is 18.7 Å². The van der Waals surface area contributed by atoms with E-state index in [0.717, 1.165) is 31.8 Å². The molecule has 2 saturated heterocycles. The summed E-state index contributed by atoms with van der Waals surface area (Å²) in [4.78, 5) is 64.2. The molecule has 1 aromatic rings. The van der Waals surface area contributed by atoms with Crippen LogP contribution in [-0.2, 0) is 14.4 Å². The van der Waals surface area contributed by atoms with Crippen LogP contribution in [0.3, 0.4) is 0 Å². The molecule has 3 amide bonds. The van der Waals surface area contributed by atoms with Crippen LogP contribution in [0.25, 0.3) is 0 Å². The van der Waals surface area contributed by atoms with Crippen molar-refractivity contribution in [3.63, 3.8) is 0 Å². The molecule has 0 bridgehead atoms. The molecule has 10 nitrogen and oxygen atoms in total. The maximum atomic E-state index is 13.2. The van der Waals surface area contributed by atoms with Crippen molar-refractivity contribution in [1.82, 2.24) is 20.4 Å². The van der Waals surface area contributed by atoms with E-state index in [-0.39, 0.29) is 42.2 Å². The third-order valence-corrected chi connectivity index (χ3v) is 7.60. The van der Waals surface area contributed by atoms with Crippen molar-refractivity contribution >= 4 is 30.3 Å². The van der Waals surface area contributed by atoms with Crippen molar-refractivity contribution in [1.29, 1.82) is 0 Å². The summed E-state index contributed by atoms with van der Waals surface area (Å²) in [6, 6.07) is 3.71. The maximum Gasteiger partial charge on any atom is 0.260 e. The second-order valence-electron chi connectivity index (χ2n) is 9.72. The molecule has 10 heteroatoms. The second kappa shape index (κ2) is 16.6. The Balaban J connectivity index is 0.00000260. The van der Waals surface area contributed by atoms with E-state index in [2.05, 4.69) is 10.6 Å². The maximum absolute atomic E-state index is 13.2. The average Bonchev–Trinajstić information content (AvgIpc) is 3.00. The Labute approximate surface area is 231 Å². The third-order valence-electron chi connectivity index (χ3n) is 7.60. The molecule has 0 radical (unpaired) electrons. The van der Waals surface area contributed by atoms with Gasteiger partial charge in [0.25, 0.3) is 11.8 Å². The number of benzene rings is 1. The molecule has 2 N–H and O–H groups in total. The van der Waals surface area contributed by atoms with E-state index in [1.54, 1.807) is 12.1 Å². The number of likely N-dealkylation sites (tertiary alicyclic amines) is 1. The summed E-state index contributed by atoms with van der Waals surface area (Å²) in [5.41, 5.74) is 0.0769. The second-order valence-corrected chi connectivity index (χ2v) is 9.72. The van der Waals surface area contributed by atoms with E-state index in [4.69, 9.17) is 4.74 Å². The number of hydrogen-bond acceptors (Lipinski definition) is 7. The van der Waals surface area contributed by atoms with Gasteiger partial charge in [-0.1, -0.05) is 19.9 Å². The molecule has 2 fully saturated rings. The SMILES string of the molecule is CC.CNC(=O)C(CCC=O)N(C)C(=O)c1cccc(OCC(=O)N2CCC(C3CCNCC3)CC2)c1C=O. The summed E-state index contributed by atoms with van der Waals surface area (Å²) < 4.78 is 5.72. The molecule has 2 aliphatic heterocycles. The summed E-state index contributed by atoms with van der Waals surface area (Å²) in [6.45, 7) is 7.30. The number of carbonyl (C=O) groups is 5. The fraction of sp³-hybridized carbons (Fsp3) is 0.621. The molecule has 39 heavy (non-hydrogen) atoms. The lowest BCUT2D eigenvalue weighted by Crippen LogP contribution is -2.47. The number of likely N-dealkylation sites (N-methyl/N-ethyl adjacent to an activating group) is 2. The van der Waals surface area contributed by atoms with Gasteiger partial charge in [-0.15, -0.1) is 0 Å². The molecule has 0 saturated carbocycles. The molecular formula is C29H44N4O6. The molecule has 0 aromatic heterocycles. The largest absolute Gasteiger partial charge is 0.483 e. The molecule has 0 aliphatic carbocycles. The molecule has 2 heterocycles. The number of aldehydes is 2. The molecule has 216 valence electrons. The smallest absolute Gasteiger partial charge is 0.260 e. The molecule has 1 unspecified atom stereocenters. The summed E-state index contributed by atoms with van der Waals surface area (Å²) in [5.74, 6) is 0.397. The van der Waals surface area contributed by atoms with Gasteiger partial charge in [0.05, 0.1) is 11.1 Å². The standard InChI is InChI=1S/C27H38N4O6.C2H6/c1-28-26(35)23(6-4-16-32)30(2)27(36)21-5-3-7-24(22(21)17-33)37-18-25(34)31-14-10-20(11-15-31)19-8-12-29-13-9-19;1-2/h3,5,7,16-17,19-20,23,29H,4,6,8-15,18H2,1-2H3,(H,28,35);1-2H3. The van der Waals surface area contributed by atoms with Gasteiger partial charge in [-0.25, -0.2) is 0 Å². The molecular weight excluding hydrogens is 500 g/mol. The van der Waals surface area contributed by atoms with Crippen LogP contribution in [0.2, 0.25) is 0 Å². The average molecular weight is 545 g/mol. The van der Waals surface area contributed by atoms with Gasteiger partial charge >= 0.3 is 0 Å². The minimum absolute atomic E-state index is 0.0165. The number of piperidine rings is 2. The van der Waals surface area contributed by atoms with Crippen molar-refractivity contribution < 1.29 is 28.7 Å². The molecule has 0 spiro atoms. The number of carbonyl (C=O) groups excluding carboxylic acids is 5. The van der Waals surface area contributed by atoms with Gasteiger partial charge in [0.1, 0.15) is 18.1 Å². The first kappa shape index (κ1) is 31.9. The number of nitrogens with zero attached hydrogens (tertiary/aromatic N) is 2. The highest BCUT2D eigenvalue weighted by Crippen LogP contribution is 2.31. The highest BCUT2D eigenvalue weighted by atomic mass is 16.5. The zero-order chi connectivity index (χ0) is 28.8. The Morgan fingerprint density at radius 1 is 1.10 bits per heavy atom. The van der Waals surface area contributed by atoms with Crippen LogP contribution in [-0.4, -0.2) is 93.0 Å². The zero-order valence-electron chi connectivity index (χ0n) is 23.7. The van der Waals surface area contributed by atoms with E-state index in [0.29, 0.717) is 31.6 Å². The Morgan fingerprint density at radius 3 is 2.33 bits per heavy atom. The highest BCUT2D eigenvalue weighted by Gasteiger charge is 2.31. The Hall–Kier alpha value is -3.27. The van der Waals surface area contributed by atoms with Crippen LogP contribution in [0, 0.1) is 11.8 Å². The molecule has 3 rings (SSSR count). The number of rotatable bonds is 11. The predicted molar refractivity (Wildman–Crippen MR) is 149 cm³/mol. The number of nitrogens with one attached hydrogen (secondary N) is 2. The first-order valence-corrected chi connectivity index (χ1v) is 14.0.